The summed E-state index contributed by atoms with van der Waals surface area (Å²) in [7, 11) is 0. The molecule has 1 spiro atoms. The van der Waals surface area contributed by atoms with Crippen LogP contribution < -0.4 is 10.2 Å². The summed E-state index contributed by atoms with van der Waals surface area (Å²) in [6.07, 6.45) is 5.04. The van der Waals surface area contributed by atoms with Gasteiger partial charge in [0.05, 0.1) is 16.9 Å². The zero-order valence-electron chi connectivity index (χ0n) is 10.3. The molecule has 1 saturated carbocycles. The minimum absolute atomic E-state index is 0.131. The first-order chi connectivity index (χ1) is 8.27. The van der Waals surface area contributed by atoms with Crippen LogP contribution in [0.1, 0.15) is 32.6 Å². The normalized spacial score (nSPS) is 21.4. The van der Waals surface area contributed by atoms with E-state index >= 15 is 0 Å². The van der Waals surface area contributed by atoms with Crippen molar-refractivity contribution in [3.63, 3.8) is 0 Å². The van der Waals surface area contributed by atoms with Gasteiger partial charge >= 0.3 is 0 Å². The number of benzene rings is 1. The highest BCUT2D eigenvalue weighted by atomic mass is 19.1. The van der Waals surface area contributed by atoms with Crippen LogP contribution in [0.15, 0.2) is 18.2 Å². The summed E-state index contributed by atoms with van der Waals surface area (Å²) in [4.78, 5) is 2.41. The van der Waals surface area contributed by atoms with E-state index in [4.69, 9.17) is 0 Å². The highest BCUT2D eigenvalue weighted by Crippen LogP contribution is 2.44. The standard InChI is InChI=1S/C14H19FN2/c1-2-17-12-7-5-6-11(15)13(12)16-10-14(17)8-3-4-9-14/h5-7,16H,2-4,8-10H2,1H3. The Morgan fingerprint density at radius 1 is 1.35 bits per heavy atom. The summed E-state index contributed by atoms with van der Waals surface area (Å²) in [6, 6.07) is 5.38. The molecular weight excluding hydrogens is 215 g/mol. The molecule has 0 unspecified atom stereocenters. The fourth-order valence-electron chi connectivity index (χ4n) is 3.50. The van der Waals surface area contributed by atoms with Crippen LogP contribution in [0.5, 0.6) is 0 Å². The zero-order valence-corrected chi connectivity index (χ0v) is 10.3. The maximum atomic E-state index is 13.8. The molecule has 1 N–H and O–H groups in total. The molecule has 3 heteroatoms. The first-order valence-corrected chi connectivity index (χ1v) is 6.57. The Labute approximate surface area is 102 Å². The van der Waals surface area contributed by atoms with Gasteiger partial charge in [-0.1, -0.05) is 18.9 Å². The number of halogens is 1. The van der Waals surface area contributed by atoms with Crippen molar-refractivity contribution in [2.24, 2.45) is 0 Å². The summed E-state index contributed by atoms with van der Waals surface area (Å²) in [5, 5.41) is 3.31. The van der Waals surface area contributed by atoms with E-state index in [0.717, 1.165) is 18.8 Å². The molecule has 92 valence electrons. The van der Waals surface area contributed by atoms with Gasteiger partial charge in [0.2, 0.25) is 0 Å². The fourth-order valence-corrected chi connectivity index (χ4v) is 3.50. The molecule has 0 atom stereocenters. The van der Waals surface area contributed by atoms with E-state index in [0.29, 0.717) is 5.69 Å². The molecule has 17 heavy (non-hydrogen) atoms. The number of rotatable bonds is 1. The van der Waals surface area contributed by atoms with Gasteiger partial charge < -0.3 is 10.2 Å². The smallest absolute Gasteiger partial charge is 0.148 e. The average Bonchev–Trinajstić information content (AvgIpc) is 2.78. The number of fused-ring (bicyclic) bond motifs is 1. The maximum Gasteiger partial charge on any atom is 0.148 e. The molecule has 1 aromatic rings. The Morgan fingerprint density at radius 3 is 2.82 bits per heavy atom. The average molecular weight is 234 g/mol. The predicted molar refractivity (Wildman–Crippen MR) is 69.1 cm³/mol. The number of likely N-dealkylation sites (N-methyl/N-ethyl adjacent to an activating group) is 1. The molecule has 0 amide bonds. The summed E-state index contributed by atoms with van der Waals surface area (Å²) in [5.74, 6) is -0.131. The predicted octanol–water partition coefficient (Wildman–Crippen LogP) is 3.39. The van der Waals surface area contributed by atoms with Crippen molar-refractivity contribution in [1.29, 1.82) is 0 Å². The molecule has 0 saturated heterocycles. The Morgan fingerprint density at radius 2 is 2.12 bits per heavy atom. The molecule has 1 fully saturated rings. The van der Waals surface area contributed by atoms with Crippen LogP contribution >= 0.6 is 0 Å². The Balaban J connectivity index is 2.06. The quantitative estimate of drug-likeness (QED) is 0.801. The van der Waals surface area contributed by atoms with E-state index in [1.165, 1.54) is 31.7 Å². The molecule has 0 bridgehead atoms. The van der Waals surface area contributed by atoms with E-state index in [-0.39, 0.29) is 11.4 Å². The SMILES string of the molecule is CCN1c2cccc(F)c2NCC12CCCC2. The van der Waals surface area contributed by atoms with Crippen molar-refractivity contribution in [2.75, 3.05) is 23.3 Å². The molecule has 0 aromatic heterocycles. The fraction of sp³-hybridized carbons (Fsp3) is 0.571. The molecule has 3 rings (SSSR count). The third kappa shape index (κ3) is 1.52. The van der Waals surface area contributed by atoms with Gasteiger partial charge in [0.25, 0.3) is 0 Å². The van der Waals surface area contributed by atoms with Gasteiger partial charge in [0.1, 0.15) is 5.82 Å². The second kappa shape index (κ2) is 3.90. The molecule has 1 aliphatic heterocycles. The highest BCUT2D eigenvalue weighted by Gasteiger charge is 2.42. The lowest BCUT2D eigenvalue weighted by Gasteiger charge is -2.47. The monoisotopic (exact) mass is 234 g/mol. The summed E-state index contributed by atoms with van der Waals surface area (Å²) in [5.41, 5.74) is 1.96. The Kier molecular flexibility index (Phi) is 2.49. The van der Waals surface area contributed by atoms with Crippen LogP contribution in [0.3, 0.4) is 0 Å². The lowest BCUT2D eigenvalue weighted by molar-refractivity contribution is 0.410. The molecule has 0 radical (unpaired) electrons. The first-order valence-electron chi connectivity index (χ1n) is 6.57. The lowest BCUT2D eigenvalue weighted by Crippen LogP contribution is -2.54. The van der Waals surface area contributed by atoms with Crippen molar-refractivity contribution in [3.8, 4) is 0 Å². The Bertz CT molecular complexity index is 424. The highest BCUT2D eigenvalue weighted by molar-refractivity contribution is 5.74. The summed E-state index contributed by atoms with van der Waals surface area (Å²) in [6.45, 7) is 4.01. The van der Waals surface area contributed by atoms with Crippen molar-refractivity contribution in [1.82, 2.24) is 0 Å². The van der Waals surface area contributed by atoms with Crippen LogP contribution in [0, 0.1) is 5.82 Å². The molecule has 2 aliphatic rings. The second-order valence-electron chi connectivity index (χ2n) is 5.16. The van der Waals surface area contributed by atoms with E-state index in [1.54, 1.807) is 0 Å². The molecule has 1 aromatic carbocycles. The molecular formula is C14H19FN2. The molecule has 1 heterocycles. The van der Waals surface area contributed by atoms with Crippen LogP contribution in [0.4, 0.5) is 15.8 Å². The van der Waals surface area contributed by atoms with Gasteiger partial charge in [-0.3, -0.25) is 0 Å². The number of para-hydroxylation sites is 1. The number of hydrogen-bond acceptors (Lipinski definition) is 2. The summed E-state index contributed by atoms with van der Waals surface area (Å²) < 4.78 is 13.8. The lowest BCUT2D eigenvalue weighted by atomic mass is 9.91. The third-order valence-corrected chi connectivity index (χ3v) is 4.30. The minimum Gasteiger partial charge on any atom is -0.379 e. The molecule has 1 aliphatic carbocycles. The van der Waals surface area contributed by atoms with E-state index in [9.17, 15) is 4.39 Å². The summed E-state index contributed by atoms with van der Waals surface area (Å²) >= 11 is 0. The van der Waals surface area contributed by atoms with Crippen molar-refractivity contribution in [3.05, 3.63) is 24.0 Å². The zero-order chi connectivity index (χ0) is 11.9. The van der Waals surface area contributed by atoms with E-state index < -0.39 is 0 Å². The van der Waals surface area contributed by atoms with Crippen LogP contribution in [0.25, 0.3) is 0 Å². The van der Waals surface area contributed by atoms with Gasteiger partial charge in [-0.25, -0.2) is 4.39 Å². The van der Waals surface area contributed by atoms with Crippen LogP contribution in [0.2, 0.25) is 0 Å². The topological polar surface area (TPSA) is 15.3 Å². The van der Waals surface area contributed by atoms with Gasteiger partial charge in [-0.15, -0.1) is 0 Å². The molecule has 2 nitrogen and oxygen atoms in total. The number of anilines is 2. The first kappa shape index (κ1) is 10.9. The van der Waals surface area contributed by atoms with E-state index in [2.05, 4.69) is 17.1 Å². The Hall–Kier alpha value is -1.25. The van der Waals surface area contributed by atoms with Crippen LogP contribution in [-0.4, -0.2) is 18.6 Å². The van der Waals surface area contributed by atoms with Crippen molar-refractivity contribution < 1.29 is 4.39 Å². The number of nitrogens with one attached hydrogen (secondary N) is 1. The van der Waals surface area contributed by atoms with Gasteiger partial charge in [0, 0.05) is 13.1 Å². The second-order valence-corrected chi connectivity index (χ2v) is 5.16. The van der Waals surface area contributed by atoms with Gasteiger partial charge in [-0.05, 0) is 31.9 Å². The van der Waals surface area contributed by atoms with Gasteiger partial charge in [0.15, 0.2) is 0 Å². The van der Waals surface area contributed by atoms with Crippen molar-refractivity contribution in [2.45, 2.75) is 38.1 Å². The largest absolute Gasteiger partial charge is 0.379 e. The van der Waals surface area contributed by atoms with E-state index in [1.807, 2.05) is 12.1 Å². The minimum atomic E-state index is -0.131. The maximum absolute atomic E-state index is 13.8. The third-order valence-electron chi connectivity index (χ3n) is 4.30. The van der Waals surface area contributed by atoms with Crippen molar-refractivity contribution >= 4 is 11.4 Å². The van der Waals surface area contributed by atoms with Gasteiger partial charge in [-0.2, -0.15) is 0 Å². The van der Waals surface area contributed by atoms with Crippen LogP contribution in [-0.2, 0) is 0 Å². The number of nitrogens with zero attached hydrogens (tertiary/aromatic N) is 1. The number of hydrogen-bond donors (Lipinski definition) is 1.